The van der Waals surface area contributed by atoms with Crippen molar-refractivity contribution in [2.75, 3.05) is 20.0 Å². The fourth-order valence-electron chi connectivity index (χ4n) is 2.72. The standard InChI is InChI=1S/C20H16FN3O2/c1-25-18-8-7-12(9-19(18)26-2)14-10-17(24-20(23)15(14)11-22)13-5-3-4-6-16(13)21/h3-10H,1-2H3,(H2,23,24). The van der Waals surface area contributed by atoms with Crippen molar-refractivity contribution in [1.29, 1.82) is 5.26 Å². The lowest BCUT2D eigenvalue weighted by Gasteiger charge is -2.13. The monoisotopic (exact) mass is 349 g/mol. The summed E-state index contributed by atoms with van der Waals surface area (Å²) in [6, 6.07) is 15.2. The van der Waals surface area contributed by atoms with Crippen LogP contribution >= 0.6 is 0 Å². The number of nitriles is 1. The molecule has 0 amide bonds. The van der Waals surface area contributed by atoms with E-state index in [1.54, 1.807) is 49.6 Å². The molecule has 0 bridgehead atoms. The van der Waals surface area contributed by atoms with Crippen molar-refractivity contribution < 1.29 is 13.9 Å². The minimum atomic E-state index is -0.414. The molecule has 0 aliphatic heterocycles. The molecule has 6 heteroatoms. The fourth-order valence-corrected chi connectivity index (χ4v) is 2.72. The topological polar surface area (TPSA) is 81.2 Å². The van der Waals surface area contributed by atoms with Gasteiger partial charge in [-0.3, -0.25) is 0 Å². The largest absolute Gasteiger partial charge is 0.493 e. The van der Waals surface area contributed by atoms with Gasteiger partial charge in [-0.2, -0.15) is 5.26 Å². The number of anilines is 1. The number of methoxy groups -OCH3 is 2. The molecule has 26 heavy (non-hydrogen) atoms. The Hall–Kier alpha value is -3.59. The molecule has 0 radical (unpaired) electrons. The van der Waals surface area contributed by atoms with E-state index in [1.807, 2.05) is 0 Å². The fraction of sp³-hybridized carbons (Fsp3) is 0.100. The highest BCUT2D eigenvalue weighted by atomic mass is 19.1. The van der Waals surface area contributed by atoms with Gasteiger partial charge in [0.25, 0.3) is 0 Å². The number of benzene rings is 2. The molecule has 5 nitrogen and oxygen atoms in total. The van der Waals surface area contributed by atoms with E-state index in [0.29, 0.717) is 33.9 Å². The SMILES string of the molecule is COc1ccc(-c2cc(-c3ccccc3F)nc(N)c2C#N)cc1OC. The van der Waals surface area contributed by atoms with Gasteiger partial charge in [-0.25, -0.2) is 9.37 Å². The van der Waals surface area contributed by atoms with Crippen LogP contribution in [0, 0.1) is 17.1 Å². The van der Waals surface area contributed by atoms with E-state index in [-0.39, 0.29) is 11.4 Å². The van der Waals surface area contributed by atoms with Crippen LogP contribution in [0.15, 0.2) is 48.5 Å². The minimum absolute atomic E-state index is 0.0398. The number of hydrogen-bond donors (Lipinski definition) is 1. The number of nitrogen functional groups attached to an aromatic ring is 1. The highest BCUT2D eigenvalue weighted by Gasteiger charge is 2.16. The Morgan fingerprint density at radius 2 is 1.73 bits per heavy atom. The molecule has 130 valence electrons. The third kappa shape index (κ3) is 3.03. The molecule has 0 atom stereocenters. The quantitative estimate of drug-likeness (QED) is 0.769. The lowest BCUT2D eigenvalue weighted by Crippen LogP contribution is -2.01. The van der Waals surface area contributed by atoms with E-state index in [2.05, 4.69) is 11.1 Å². The van der Waals surface area contributed by atoms with Gasteiger partial charge in [0.15, 0.2) is 11.5 Å². The van der Waals surface area contributed by atoms with Gasteiger partial charge in [0.2, 0.25) is 0 Å². The van der Waals surface area contributed by atoms with Crippen molar-refractivity contribution in [3.63, 3.8) is 0 Å². The van der Waals surface area contributed by atoms with Crippen LogP contribution in [0.3, 0.4) is 0 Å². The molecular formula is C20H16FN3O2. The maximum absolute atomic E-state index is 14.2. The Balaban J connectivity index is 2.24. The molecule has 2 aromatic carbocycles. The summed E-state index contributed by atoms with van der Waals surface area (Å²) in [5.74, 6) is 0.697. The molecule has 3 rings (SSSR count). The van der Waals surface area contributed by atoms with Crippen LogP contribution in [0.25, 0.3) is 22.4 Å². The second-order valence-electron chi connectivity index (χ2n) is 5.48. The Morgan fingerprint density at radius 3 is 2.38 bits per heavy atom. The van der Waals surface area contributed by atoms with Crippen molar-refractivity contribution in [3.8, 4) is 40.0 Å². The summed E-state index contributed by atoms with van der Waals surface area (Å²) in [6.07, 6.45) is 0. The number of hydrogen-bond acceptors (Lipinski definition) is 5. The predicted molar refractivity (Wildman–Crippen MR) is 97.3 cm³/mol. The molecule has 0 unspecified atom stereocenters. The first kappa shape index (κ1) is 17.2. The second kappa shape index (κ2) is 7.11. The number of ether oxygens (including phenoxy) is 2. The number of rotatable bonds is 4. The van der Waals surface area contributed by atoms with Crippen molar-refractivity contribution in [1.82, 2.24) is 4.98 Å². The van der Waals surface area contributed by atoms with Crippen LogP contribution in [0.4, 0.5) is 10.2 Å². The molecule has 0 spiro atoms. The smallest absolute Gasteiger partial charge is 0.161 e. The van der Waals surface area contributed by atoms with E-state index in [1.165, 1.54) is 13.2 Å². The first-order valence-electron chi connectivity index (χ1n) is 7.77. The zero-order valence-electron chi connectivity index (χ0n) is 14.3. The van der Waals surface area contributed by atoms with E-state index < -0.39 is 5.82 Å². The number of halogens is 1. The third-order valence-electron chi connectivity index (χ3n) is 4.00. The van der Waals surface area contributed by atoms with E-state index in [9.17, 15) is 9.65 Å². The van der Waals surface area contributed by atoms with Gasteiger partial charge in [0.1, 0.15) is 23.3 Å². The van der Waals surface area contributed by atoms with Gasteiger partial charge in [0, 0.05) is 11.1 Å². The predicted octanol–water partition coefficient (Wildman–Crippen LogP) is 4.03. The molecule has 0 aliphatic rings. The molecule has 1 heterocycles. The normalized spacial score (nSPS) is 10.2. The molecule has 0 aliphatic carbocycles. The highest BCUT2D eigenvalue weighted by Crippen LogP contribution is 2.36. The van der Waals surface area contributed by atoms with Gasteiger partial charge >= 0.3 is 0 Å². The Kier molecular flexibility index (Phi) is 4.72. The van der Waals surface area contributed by atoms with Gasteiger partial charge in [-0.15, -0.1) is 0 Å². The molecule has 2 N–H and O–H groups in total. The zero-order chi connectivity index (χ0) is 18.7. The third-order valence-corrected chi connectivity index (χ3v) is 4.00. The summed E-state index contributed by atoms with van der Waals surface area (Å²) in [5, 5.41) is 9.50. The summed E-state index contributed by atoms with van der Waals surface area (Å²) in [6.45, 7) is 0. The number of nitrogens with two attached hydrogens (primary N) is 1. The van der Waals surface area contributed by atoms with E-state index in [0.717, 1.165) is 0 Å². The maximum atomic E-state index is 14.2. The van der Waals surface area contributed by atoms with Crippen LogP contribution in [0.2, 0.25) is 0 Å². The highest BCUT2D eigenvalue weighted by molar-refractivity contribution is 5.81. The summed E-state index contributed by atoms with van der Waals surface area (Å²) >= 11 is 0. The van der Waals surface area contributed by atoms with E-state index in [4.69, 9.17) is 15.2 Å². The number of nitrogens with zero attached hydrogens (tertiary/aromatic N) is 2. The van der Waals surface area contributed by atoms with Crippen LogP contribution in [-0.2, 0) is 0 Å². The van der Waals surface area contributed by atoms with Gasteiger partial charge in [0.05, 0.1) is 19.9 Å². The van der Waals surface area contributed by atoms with Crippen molar-refractivity contribution in [2.24, 2.45) is 0 Å². The lowest BCUT2D eigenvalue weighted by atomic mass is 9.98. The molecule has 0 saturated heterocycles. The Labute approximate surface area is 150 Å². The van der Waals surface area contributed by atoms with Crippen LogP contribution < -0.4 is 15.2 Å². The number of aromatic nitrogens is 1. The zero-order valence-corrected chi connectivity index (χ0v) is 14.3. The second-order valence-corrected chi connectivity index (χ2v) is 5.48. The van der Waals surface area contributed by atoms with E-state index >= 15 is 0 Å². The molecular weight excluding hydrogens is 333 g/mol. The minimum Gasteiger partial charge on any atom is -0.493 e. The first-order valence-corrected chi connectivity index (χ1v) is 7.77. The first-order chi connectivity index (χ1) is 12.6. The van der Waals surface area contributed by atoms with Crippen molar-refractivity contribution in [2.45, 2.75) is 0 Å². The summed E-state index contributed by atoms with van der Waals surface area (Å²) in [4.78, 5) is 4.20. The summed E-state index contributed by atoms with van der Waals surface area (Å²) in [7, 11) is 3.07. The van der Waals surface area contributed by atoms with Gasteiger partial charge in [-0.1, -0.05) is 18.2 Å². The molecule has 0 fully saturated rings. The summed E-state index contributed by atoms with van der Waals surface area (Å²) in [5.41, 5.74) is 8.08. The van der Waals surface area contributed by atoms with Crippen LogP contribution in [0.5, 0.6) is 11.5 Å². The van der Waals surface area contributed by atoms with Gasteiger partial charge in [-0.05, 0) is 35.9 Å². The summed E-state index contributed by atoms with van der Waals surface area (Å²) < 4.78 is 24.7. The van der Waals surface area contributed by atoms with Gasteiger partial charge < -0.3 is 15.2 Å². The maximum Gasteiger partial charge on any atom is 0.161 e. The lowest BCUT2D eigenvalue weighted by molar-refractivity contribution is 0.355. The van der Waals surface area contributed by atoms with Crippen LogP contribution in [-0.4, -0.2) is 19.2 Å². The average Bonchev–Trinajstić information content (AvgIpc) is 2.67. The molecule has 0 saturated carbocycles. The van der Waals surface area contributed by atoms with Crippen LogP contribution in [0.1, 0.15) is 5.56 Å². The number of pyridine rings is 1. The average molecular weight is 349 g/mol. The molecule has 1 aromatic heterocycles. The molecule has 3 aromatic rings. The van der Waals surface area contributed by atoms with Crippen molar-refractivity contribution in [3.05, 3.63) is 59.9 Å². The Morgan fingerprint density at radius 1 is 1.00 bits per heavy atom. The Bertz CT molecular complexity index is 1010. The van der Waals surface area contributed by atoms with Crippen molar-refractivity contribution >= 4 is 5.82 Å².